The Morgan fingerprint density at radius 2 is 1.76 bits per heavy atom. The maximum atomic E-state index is 4.28. The highest BCUT2D eigenvalue weighted by Gasteiger charge is 2.01. The van der Waals surface area contributed by atoms with Crippen LogP contribution in [0, 0.1) is 0 Å². The first-order valence-corrected chi connectivity index (χ1v) is 4.63. The molecule has 3 N–H and O–H groups in total. The number of rotatable bonds is 1. The predicted octanol–water partition coefficient (Wildman–Crippen LogP) is 1.62. The lowest BCUT2D eigenvalue weighted by Gasteiger charge is -1.99. The molecule has 3 aromatic heterocycles. The molecule has 0 fully saturated rings. The van der Waals surface area contributed by atoms with E-state index in [1.807, 2.05) is 24.4 Å². The molecule has 0 atom stereocenters. The minimum absolute atomic E-state index is 0. The quantitative estimate of drug-likeness (QED) is 0.712. The first kappa shape index (κ1) is 13.1. The fourth-order valence-corrected chi connectivity index (χ4v) is 1.53. The highest BCUT2D eigenvalue weighted by atomic mass is 35.5. The van der Waals surface area contributed by atoms with Crippen LogP contribution in [0.3, 0.4) is 0 Å². The minimum atomic E-state index is 0. The average Bonchev–Trinajstić information content (AvgIpc) is 2.77. The van der Waals surface area contributed by atoms with Crippen molar-refractivity contribution in [2.45, 2.75) is 0 Å². The van der Waals surface area contributed by atoms with Gasteiger partial charge in [0.2, 0.25) is 0 Å². The van der Waals surface area contributed by atoms with Gasteiger partial charge >= 0.3 is 0 Å². The van der Waals surface area contributed by atoms with Gasteiger partial charge in [0.1, 0.15) is 5.52 Å². The topological polar surface area (TPSA) is 86.0 Å². The van der Waals surface area contributed by atoms with Crippen LogP contribution in [-0.2, 0) is 0 Å². The van der Waals surface area contributed by atoms with Crippen LogP contribution in [0.5, 0.6) is 0 Å². The van der Waals surface area contributed by atoms with Crippen molar-refractivity contribution in [2.24, 2.45) is 0 Å². The highest BCUT2D eigenvalue weighted by molar-refractivity contribution is 5.85. The van der Waals surface area contributed by atoms with Gasteiger partial charge in [0.15, 0.2) is 5.65 Å². The van der Waals surface area contributed by atoms with E-state index in [4.69, 9.17) is 0 Å². The largest absolute Gasteiger partial charge is 0.412 e. The molecule has 5 nitrogen and oxygen atoms in total. The summed E-state index contributed by atoms with van der Waals surface area (Å²) in [6, 6.07) is 5.92. The van der Waals surface area contributed by atoms with Crippen molar-refractivity contribution in [1.29, 1.82) is 0 Å². The Balaban J connectivity index is 0.000000722. The van der Waals surface area contributed by atoms with Gasteiger partial charge in [0.25, 0.3) is 0 Å². The van der Waals surface area contributed by atoms with E-state index in [0.29, 0.717) is 0 Å². The summed E-state index contributed by atoms with van der Waals surface area (Å²) in [6.07, 6.45) is 7.01. The molecule has 0 aliphatic rings. The zero-order valence-corrected chi connectivity index (χ0v) is 9.61. The van der Waals surface area contributed by atoms with E-state index >= 15 is 0 Å². The van der Waals surface area contributed by atoms with Crippen molar-refractivity contribution < 1.29 is 5.48 Å². The summed E-state index contributed by atoms with van der Waals surface area (Å²) in [6.45, 7) is 0. The van der Waals surface area contributed by atoms with Crippen LogP contribution in [-0.4, -0.2) is 25.4 Å². The third-order valence-electron chi connectivity index (χ3n) is 2.29. The molecule has 0 saturated carbocycles. The van der Waals surface area contributed by atoms with E-state index in [2.05, 4.69) is 19.9 Å². The summed E-state index contributed by atoms with van der Waals surface area (Å²) in [5.74, 6) is 0. The van der Waals surface area contributed by atoms with E-state index in [1.165, 1.54) is 0 Å². The van der Waals surface area contributed by atoms with Crippen LogP contribution in [0.25, 0.3) is 22.3 Å². The molecule has 3 rings (SSSR count). The number of H-pyrrole nitrogens is 1. The Labute approximate surface area is 104 Å². The Morgan fingerprint density at radius 1 is 1.00 bits per heavy atom. The van der Waals surface area contributed by atoms with Crippen molar-refractivity contribution in [1.82, 2.24) is 19.9 Å². The Hall–Kier alpha value is -1.98. The normalized spacial score (nSPS) is 9.41. The van der Waals surface area contributed by atoms with E-state index in [-0.39, 0.29) is 17.9 Å². The van der Waals surface area contributed by atoms with Crippen LogP contribution in [0.1, 0.15) is 0 Å². The average molecular weight is 251 g/mol. The monoisotopic (exact) mass is 250 g/mol. The molecule has 6 heteroatoms. The van der Waals surface area contributed by atoms with Gasteiger partial charge in [-0.1, -0.05) is 0 Å². The molecule has 0 spiro atoms. The lowest BCUT2D eigenvalue weighted by Crippen LogP contribution is -1.82. The molecule has 0 aromatic carbocycles. The van der Waals surface area contributed by atoms with Gasteiger partial charge in [0.05, 0.1) is 6.33 Å². The Bertz CT molecular complexity index is 596. The van der Waals surface area contributed by atoms with Crippen molar-refractivity contribution in [3.05, 3.63) is 43.1 Å². The van der Waals surface area contributed by atoms with Gasteiger partial charge in [0, 0.05) is 24.2 Å². The van der Waals surface area contributed by atoms with Crippen LogP contribution >= 0.6 is 12.4 Å². The third-order valence-corrected chi connectivity index (χ3v) is 2.29. The van der Waals surface area contributed by atoms with Crippen molar-refractivity contribution in [3.8, 4) is 11.1 Å². The van der Waals surface area contributed by atoms with E-state index in [9.17, 15) is 0 Å². The van der Waals surface area contributed by atoms with Crippen molar-refractivity contribution >= 4 is 23.6 Å². The molecule has 88 valence electrons. The lowest BCUT2D eigenvalue weighted by atomic mass is 10.1. The maximum absolute atomic E-state index is 4.28. The molecular weight excluding hydrogens is 240 g/mol. The molecular formula is C11H11ClN4O. The molecule has 0 bridgehead atoms. The number of aromatic nitrogens is 4. The van der Waals surface area contributed by atoms with Crippen LogP contribution in [0.2, 0.25) is 0 Å². The lowest BCUT2D eigenvalue weighted by molar-refractivity contribution is 0.824. The smallest absolute Gasteiger partial charge is 0.157 e. The molecule has 0 amide bonds. The summed E-state index contributed by atoms with van der Waals surface area (Å²) in [5.41, 5.74) is 3.84. The SMILES string of the molecule is Cl.O.c1cc(-c2cnc3[nH]cnc3c2)ccn1. The second kappa shape index (κ2) is 5.38. The number of nitrogens with one attached hydrogen (secondary N) is 1. The number of imidazole rings is 1. The van der Waals surface area contributed by atoms with E-state index in [0.717, 1.165) is 22.3 Å². The number of pyridine rings is 2. The predicted molar refractivity (Wildman–Crippen MR) is 68.0 cm³/mol. The first-order valence-electron chi connectivity index (χ1n) is 4.63. The van der Waals surface area contributed by atoms with E-state index in [1.54, 1.807) is 18.7 Å². The van der Waals surface area contributed by atoms with Crippen LogP contribution in [0.4, 0.5) is 0 Å². The summed E-state index contributed by atoms with van der Waals surface area (Å²) >= 11 is 0. The fourth-order valence-electron chi connectivity index (χ4n) is 1.53. The summed E-state index contributed by atoms with van der Waals surface area (Å²) < 4.78 is 0. The van der Waals surface area contributed by atoms with Gasteiger partial charge < -0.3 is 10.5 Å². The van der Waals surface area contributed by atoms with Gasteiger partial charge in [-0.25, -0.2) is 9.97 Å². The van der Waals surface area contributed by atoms with Gasteiger partial charge in [-0.2, -0.15) is 0 Å². The third kappa shape index (κ3) is 2.41. The fraction of sp³-hybridized carbons (Fsp3) is 0. The standard InChI is InChI=1S/C11H8N4.ClH.H2O/c1-3-12-4-2-8(1)9-5-10-11(13-6-9)15-7-14-10;;/h1-7H,(H,13,14,15);1H;1H2. The molecule has 3 aromatic rings. The molecule has 0 saturated heterocycles. The molecule has 0 unspecified atom stereocenters. The number of hydrogen-bond acceptors (Lipinski definition) is 3. The van der Waals surface area contributed by atoms with Crippen LogP contribution in [0.15, 0.2) is 43.1 Å². The van der Waals surface area contributed by atoms with Crippen LogP contribution < -0.4 is 0 Å². The molecule has 0 aliphatic heterocycles. The number of nitrogens with zero attached hydrogens (tertiary/aromatic N) is 3. The van der Waals surface area contributed by atoms with Gasteiger partial charge in [-0.15, -0.1) is 12.4 Å². The Morgan fingerprint density at radius 3 is 2.53 bits per heavy atom. The molecule has 0 radical (unpaired) electrons. The minimum Gasteiger partial charge on any atom is -0.412 e. The second-order valence-electron chi connectivity index (χ2n) is 3.23. The molecule has 17 heavy (non-hydrogen) atoms. The highest BCUT2D eigenvalue weighted by Crippen LogP contribution is 2.19. The number of hydrogen-bond donors (Lipinski definition) is 1. The Kier molecular flexibility index (Phi) is 4.14. The van der Waals surface area contributed by atoms with Crippen molar-refractivity contribution in [2.75, 3.05) is 0 Å². The summed E-state index contributed by atoms with van der Waals surface area (Å²) in [4.78, 5) is 15.4. The molecule has 0 aliphatic carbocycles. The van der Waals surface area contributed by atoms with E-state index < -0.39 is 0 Å². The first-order chi connectivity index (χ1) is 7.43. The van der Waals surface area contributed by atoms with Gasteiger partial charge in [-0.3, -0.25) is 4.98 Å². The summed E-state index contributed by atoms with van der Waals surface area (Å²) in [5, 5.41) is 0. The summed E-state index contributed by atoms with van der Waals surface area (Å²) in [7, 11) is 0. The zero-order valence-electron chi connectivity index (χ0n) is 8.79. The number of aromatic amines is 1. The van der Waals surface area contributed by atoms with Crippen molar-refractivity contribution in [3.63, 3.8) is 0 Å². The number of fused-ring (bicyclic) bond motifs is 1. The number of halogens is 1. The van der Waals surface area contributed by atoms with Gasteiger partial charge in [-0.05, 0) is 23.8 Å². The zero-order chi connectivity index (χ0) is 10.1. The second-order valence-corrected chi connectivity index (χ2v) is 3.23. The molecule has 3 heterocycles. The maximum Gasteiger partial charge on any atom is 0.157 e.